The molecule has 1 heterocycles. The van der Waals surface area contributed by atoms with Crippen LogP contribution >= 0.6 is 0 Å². The summed E-state index contributed by atoms with van der Waals surface area (Å²) in [5, 5.41) is 13.7. The smallest absolute Gasteiger partial charge is 0.265 e. The molecule has 0 aliphatic carbocycles. The van der Waals surface area contributed by atoms with Crippen LogP contribution in [0.2, 0.25) is 0 Å². The Labute approximate surface area is 155 Å². The van der Waals surface area contributed by atoms with Gasteiger partial charge in [0.15, 0.2) is 6.10 Å². The summed E-state index contributed by atoms with van der Waals surface area (Å²) in [5.74, 6) is 0.277. The number of fused-ring (bicyclic) bond motifs is 3. The van der Waals surface area contributed by atoms with Crippen LogP contribution in [-0.4, -0.2) is 12.0 Å². The molecule has 27 heavy (non-hydrogen) atoms. The number of nitrogens with one attached hydrogen (secondary N) is 1. The molecule has 0 bridgehead atoms. The summed E-state index contributed by atoms with van der Waals surface area (Å²) in [4.78, 5) is 12.5. The number of para-hydroxylation sites is 1. The van der Waals surface area contributed by atoms with E-state index in [1.807, 2.05) is 42.5 Å². The number of carbonyl (C=O) groups is 1. The van der Waals surface area contributed by atoms with E-state index in [0.29, 0.717) is 17.0 Å². The summed E-state index contributed by atoms with van der Waals surface area (Å²) in [6.07, 6.45) is -0.685. The zero-order valence-electron chi connectivity index (χ0n) is 14.6. The van der Waals surface area contributed by atoms with Gasteiger partial charge in [-0.25, -0.2) is 0 Å². The Morgan fingerprint density at radius 1 is 1.04 bits per heavy atom. The van der Waals surface area contributed by atoms with E-state index < -0.39 is 6.10 Å². The summed E-state index contributed by atoms with van der Waals surface area (Å²) in [5.41, 5.74) is 2.80. The molecule has 132 valence electrons. The number of nitrogens with zero attached hydrogens (tertiary/aromatic N) is 1. The SMILES string of the molecule is CC(Oc1ccc(C#N)cc1)C(=O)Nc1ccc2oc3ccccc3c2c1. The molecule has 0 aliphatic rings. The van der Waals surface area contributed by atoms with Crippen molar-refractivity contribution < 1.29 is 13.9 Å². The van der Waals surface area contributed by atoms with Gasteiger partial charge in [-0.05, 0) is 55.5 Å². The third-order valence-corrected chi connectivity index (χ3v) is 4.31. The summed E-state index contributed by atoms with van der Waals surface area (Å²) in [7, 11) is 0. The van der Waals surface area contributed by atoms with Gasteiger partial charge >= 0.3 is 0 Å². The number of ether oxygens (including phenoxy) is 1. The molecule has 0 spiro atoms. The molecule has 0 aliphatic heterocycles. The molecule has 1 unspecified atom stereocenters. The van der Waals surface area contributed by atoms with E-state index in [1.54, 1.807) is 37.3 Å². The fourth-order valence-corrected chi connectivity index (χ4v) is 2.91. The minimum absolute atomic E-state index is 0.258. The zero-order valence-corrected chi connectivity index (χ0v) is 14.6. The van der Waals surface area contributed by atoms with E-state index in [9.17, 15) is 4.79 Å². The van der Waals surface area contributed by atoms with Crippen molar-refractivity contribution in [1.82, 2.24) is 0 Å². The number of furan rings is 1. The topological polar surface area (TPSA) is 75.3 Å². The van der Waals surface area contributed by atoms with Crippen LogP contribution in [-0.2, 0) is 4.79 Å². The molecule has 4 aromatic rings. The van der Waals surface area contributed by atoms with E-state index in [2.05, 4.69) is 5.32 Å². The summed E-state index contributed by atoms with van der Waals surface area (Å²) in [6, 6.07) is 22.0. The van der Waals surface area contributed by atoms with Crippen LogP contribution in [0.25, 0.3) is 21.9 Å². The molecule has 1 atom stereocenters. The lowest BCUT2D eigenvalue weighted by Gasteiger charge is -2.14. The average molecular weight is 356 g/mol. The van der Waals surface area contributed by atoms with Crippen LogP contribution in [0, 0.1) is 11.3 Å². The number of anilines is 1. The van der Waals surface area contributed by atoms with Gasteiger partial charge in [-0.1, -0.05) is 18.2 Å². The Bertz CT molecular complexity index is 1170. The second kappa shape index (κ2) is 6.85. The number of hydrogen-bond donors (Lipinski definition) is 1. The molecule has 0 saturated carbocycles. The van der Waals surface area contributed by atoms with E-state index >= 15 is 0 Å². The number of rotatable bonds is 4. The van der Waals surface area contributed by atoms with Crippen molar-refractivity contribution in [2.24, 2.45) is 0 Å². The van der Waals surface area contributed by atoms with Gasteiger partial charge in [0.2, 0.25) is 0 Å². The molecule has 1 amide bonds. The summed E-state index contributed by atoms with van der Waals surface area (Å²) in [6.45, 7) is 1.68. The number of amides is 1. The lowest BCUT2D eigenvalue weighted by molar-refractivity contribution is -0.122. The van der Waals surface area contributed by atoms with Crippen LogP contribution < -0.4 is 10.1 Å². The lowest BCUT2D eigenvalue weighted by Crippen LogP contribution is -2.30. The second-order valence-corrected chi connectivity index (χ2v) is 6.19. The van der Waals surface area contributed by atoms with Crippen LogP contribution in [0.4, 0.5) is 5.69 Å². The van der Waals surface area contributed by atoms with Gasteiger partial charge in [0.1, 0.15) is 16.9 Å². The Morgan fingerprint density at radius 2 is 1.78 bits per heavy atom. The predicted molar refractivity (Wildman–Crippen MR) is 104 cm³/mol. The third-order valence-electron chi connectivity index (χ3n) is 4.31. The van der Waals surface area contributed by atoms with Gasteiger partial charge in [0.05, 0.1) is 11.6 Å². The van der Waals surface area contributed by atoms with Crippen molar-refractivity contribution >= 4 is 33.5 Å². The van der Waals surface area contributed by atoms with Gasteiger partial charge in [0.25, 0.3) is 5.91 Å². The van der Waals surface area contributed by atoms with Gasteiger partial charge < -0.3 is 14.5 Å². The lowest BCUT2D eigenvalue weighted by atomic mass is 10.1. The Kier molecular flexibility index (Phi) is 4.23. The maximum absolute atomic E-state index is 12.5. The maximum Gasteiger partial charge on any atom is 0.265 e. The number of nitriles is 1. The number of carbonyl (C=O) groups excluding carboxylic acids is 1. The first-order valence-corrected chi connectivity index (χ1v) is 8.53. The zero-order chi connectivity index (χ0) is 18.8. The Balaban J connectivity index is 1.51. The molecule has 1 N–H and O–H groups in total. The van der Waals surface area contributed by atoms with Crippen molar-refractivity contribution in [3.8, 4) is 11.8 Å². The largest absolute Gasteiger partial charge is 0.481 e. The molecular formula is C22H16N2O3. The fraction of sp³-hybridized carbons (Fsp3) is 0.0909. The molecule has 0 fully saturated rings. The minimum Gasteiger partial charge on any atom is -0.481 e. The molecule has 0 radical (unpaired) electrons. The fourth-order valence-electron chi connectivity index (χ4n) is 2.91. The highest BCUT2D eigenvalue weighted by atomic mass is 16.5. The first-order chi connectivity index (χ1) is 13.1. The van der Waals surface area contributed by atoms with Gasteiger partial charge in [-0.2, -0.15) is 5.26 Å². The van der Waals surface area contributed by atoms with Crippen molar-refractivity contribution in [1.29, 1.82) is 5.26 Å². The number of hydrogen-bond acceptors (Lipinski definition) is 4. The highest BCUT2D eigenvalue weighted by Crippen LogP contribution is 2.30. The standard InChI is InChI=1S/C22H16N2O3/c1-14(26-17-9-6-15(13-23)7-10-17)22(25)24-16-8-11-21-19(12-16)18-4-2-3-5-20(18)27-21/h2-12,14H,1H3,(H,24,25). The highest BCUT2D eigenvalue weighted by Gasteiger charge is 2.16. The third kappa shape index (κ3) is 3.33. The molecule has 5 nitrogen and oxygen atoms in total. The van der Waals surface area contributed by atoms with Crippen LogP contribution in [0.1, 0.15) is 12.5 Å². The van der Waals surface area contributed by atoms with Crippen LogP contribution in [0.5, 0.6) is 5.75 Å². The van der Waals surface area contributed by atoms with E-state index in [-0.39, 0.29) is 5.91 Å². The monoisotopic (exact) mass is 356 g/mol. The van der Waals surface area contributed by atoms with Crippen molar-refractivity contribution in [2.75, 3.05) is 5.32 Å². The van der Waals surface area contributed by atoms with E-state index in [0.717, 1.165) is 21.9 Å². The van der Waals surface area contributed by atoms with Crippen molar-refractivity contribution in [3.63, 3.8) is 0 Å². The Morgan fingerprint density at radius 3 is 2.56 bits per heavy atom. The first-order valence-electron chi connectivity index (χ1n) is 8.53. The van der Waals surface area contributed by atoms with Gasteiger partial charge in [-0.15, -0.1) is 0 Å². The molecule has 0 saturated heterocycles. The molecule has 1 aromatic heterocycles. The first kappa shape index (κ1) is 16.7. The van der Waals surface area contributed by atoms with Crippen molar-refractivity contribution in [2.45, 2.75) is 13.0 Å². The average Bonchev–Trinajstić information content (AvgIpc) is 3.06. The quantitative estimate of drug-likeness (QED) is 0.566. The van der Waals surface area contributed by atoms with Gasteiger partial charge in [0, 0.05) is 16.5 Å². The van der Waals surface area contributed by atoms with Gasteiger partial charge in [-0.3, -0.25) is 4.79 Å². The minimum atomic E-state index is -0.685. The molecule has 3 aromatic carbocycles. The maximum atomic E-state index is 12.5. The highest BCUT2D eigenvalue weighted by molar-refractivity contribution is 6.07. The van der Waals surface area contributed by atoms with Crippen LogP contribution in [0.3, 0.4) is 0 Å². The molecule has 4 rings (SSSR count). The van der Waals surface area contributed by atoms with Crippen molar-refractivity contribution in [3.05, 3.63) is 72.3 Å². The van der Waals surface area contributed by atoms with E-state index in [1.165, 1.54) is 0 Å². The summed E-state index contributed by atoms with van der Waals surface area (Å²) < 4.78 is 11.4. The van der Waals surface area contributed by atoms with E-state index in [4.69, 9.17) is 14.4 Å². The predicted octanol–water partition coefficient (Wildman–Crippen LogP) is 4.86. The normalized spacial score (nSPS) is 11.9. The number of benzene rings is 3. The molecule has 5 heteroatoms. The molecular weight excluding hydrogens is 340 g/mol. The second-order valence-electron chi connectivity index (χ2n) is 6.19. The van der Waals surface area contributed by atoms with Crippen LogP contribution in [0.15, 0.2) is 71.1 Å². The Hall–Kier alpha value is -3.78. The summed E-state index contributed by atoms with van der Waals surface area (Å²) >= 11 is 0.